The fourth-order valence-electron chi connectivity index (χ4n) is 2.54. The van der Waals surface area contributed by atoms with E-state index in [1.54, 1.807) is 7.11 Å². The Morgan fingerprint density at radius 3 is 2.95 bits per heavy atom. The van der Waals surface area contributed by atoms with Crippen molar-refractivity contribution in [2.75, 3.05) is 26.9 Å². The van der Waals surface area contributed by atoms with Crippen LogP contribution in [0.4, 0.5) is 0 Å². The zero-order chi connectivity index (χ0) is 15.1. The molecule has 1 aliphatic heterocycles. The maximum absolute atomic E-state index is 5.94. The third-order valence-electron chi connectivity index (χ3n) is 3.70. The largest absolute Gasteiger partial charge is 0.491 e. The molecular weight excluding hydrogens is 266 g/mol. The summed E-state index contributed by atoms with van der Waals surface area (Å²) in [6, 6.07) is 8.21. The molecule has 0 radical (unpaired) electrons. The van der Waals surface area contributed by atoms with Crippen molar-refractivity contribution in [3.8, 4) is 5.75 Å². The minimum atomic E-state index is 0.00113. The number of rotatable bonds is 8. The highest BCUT2D eigenvalue weighted by molar-refractivity contribution is 5.28. The van der Waals surface area contributed by atoms with Crippen molar-refractivity contribution < 1.29 is 14.2 Å². The smallest absolute Gasteiger partial charge is 0.119 e. The molecule has 1 saturated heterocycles. The Kier molecular flexibility index (Phi) is 6.03. The van der Waals surface area contributed by atoms with Gasteiger partial charge in [0.15, 0.2) is 0 Å². The number of benzene rings is 1. The van der Waals surface area contributed by atoms with Gasteiger partial charge in [-0.15, -0.1) is 0 Å². The molecule has 4 heteroatoms. The van der Waals surface area contributed by atoms with Gasteiger partial charge in [0.2, 0.25) is 0 Å². The van der Waals surface area contributed by atoms with Gasteiger partial charge in [-0.3, -0.25) is 0 Å². The predicted octanol–water partition coefficient (Wildman–Crippen LogP) is 2.76. The van der Waals surface area contributed by atoms with Crippen molar-refractivity contribution in [1.82, 2.24) is 5.32 Å². The minimum absolute atomic E-state index is 0.00113. The number of nitrogens with one attached hydrogen (secondary N) is 1. The van der Waals surface area contributed by atoms with Crippen LogP contribution in [0.5, 0.6) is 5.75 Å². The fraction of sp³-hybridized carbons (Fsp3) is 0.647. The Labute approximate surface area is 127 Å². The third kappa shape index (κ3) is 5.65. The molecule has 1 aliphatic rings. The molecule has 1 aromatic rings. The van der Waals surface area contributed by atoms with Crippen LogP contribution in [0.2, 0.25) is 0 Å². The van der Waals surface area contributed by atoms with E-state index in [1.807, 2.05) is 12.1 Å². The Morgan fingerprint density at radius 1 is 1.38 bits per heavy atom. The Morgan fingerprint density at radius 2 is 2.24 bits per heavy atom. The molecular formula is C17H27NO3. The van der Waals surface area contributed by atoms with Crippen molar-refractivity contribution >= 4 is 0 Å². The van der Waals surface area contributed by atoms with E-state index in [0.717, 1.165) is 38.3 Å². The molecule has 0 bridgehead atoms. The molecule has 1 unspecified atom stereocenters. The summed E-state index contributed by atoms with van der Waals surface area (Å²) in [5.41, 5.74) is 1.22. The van der Waals surface area contributed by atoms with Gasteiger partial charge in [-0.2, -0.15) is 0 Å². The highest BCUT2D eigenvalue weighted by atomic mass is 16.6. The Balaban J connectivity index is 1.76. The monoisotopic (exact) mass is 293 g/mol. The second-order valence-corrected chi connectivity index (χ2v) is 6.17. The van der Waals surface area contributed by atoms with Gasteiger partial charge >= 0.3 is 0 Å². The first kappa shape index (κ1) is 16.3. The molecule has 4 nitrogen and oxygen atoms in total. The van der Waals surface area contributed by atoms with E-state index in [9.17, 15) is 0 Å². The van der Waals surface area contributed by atoms with Crippen LogP contribution in [-0.4, -0.2) is 38.6 Å². The average Bonchev–Trinajstić information content (AvgIpc) is 2.81. The second-order valence-electron chi connectivity index (χ2n) is 6.17. The summed E-state index contributed by atoms with van der Waals surface area (Å²) < 4.78 is 16.8. The zero-order valence-corrected chi connectivity index (χ0v) is 13.4. The number of hydrogen-bond donors (Lipinski definition) is 1. The molecule has 1 atom stereocenters. The van der Waals surface area contributed by atoms with Crippen LogP contribution >= 0.6 is 0 Å². The van der Waals surface area contributed by atoms with E-state index in [4.69, 9.17) is 14.2 Å². The lowest BCUT2D eigenvalue weighted by Crippen LogP contribution is -2.24. The molecule has 118 valence electrons. The van der Waals surface area contributed by atoms with Gasteiger partial charge < -0.3 is 19.5 Å². The number of ether oxygens (including phenoxy) is 3. The van der Waals surface area contributed by atoms with Gasteiger partial charge in [-0.05, 0) is 44.4 Å². The summed E-state index contributed by atoms with van der Waals surface area (Å²) in [7, 11) is 1.71. The van der Waals surface area contributed by atoms with E-state index in [2.05, 4.69) is 31.3 Å². The van der Waals surface area contributed by atoms with E-state index < -0.39 is 0 Å². The van der Waals surface area contributed by atoms with Gasteiger partial charge in [0.25, 0.3) is 0 Å². The Hall–Kier alpha value is -1.10. The third-order valence-corrected chi connectivity index (χ3v) is 3.70. The quantitative estimate of drug-likeness (QED) is 0.748. The number of methoxy groups -OCH3 is 1. The van der Waals surface area contributed by atoms with Gasteiger partial charge in [-0.25, -0.2) is 0 Å². The number of hydrogen-bond acceptors (Lipinski definition) is 4. The molecule has 21 heavy (non-hydrogen) atoms. The van der Waals surface area contributed by atoms with Crippen molar-refractivity contribution in [2.24, 2.45) is 0 Å². The van der Waals surface area contributed by atoms with Crippen LogP contribution in [0.15, 0.2) is 24.3 Å². The molecule has 1 aromatic carbocycles. The van der Waals surface area contributed by atoms with Crippen LogP contribution in [0.1, 0.15) is 32.3 Å². The zero-order valence-electron chi connectivity index (χ0n) is 13.4. The van der Waals surface area contributed by atoms with Crippen molar-refractivity contribution in [3.63, 3.8) is 0 Å². The molecule has 2 rings (SSSR count). The lowest BCUT2D eigenvalue weighted by molar-refractivity contribution is -0.0326. The highest BCUT2D eigenvalue weighted by Gasteiger charge is 2.31. The van der Waals surface area contributed by atoms with E-state index in [-0.39, 0.29) is 11.7 Å². The maximum atomic E-state index is 5.94. The summed E-state index contributed by atoms with van der Waals surface area (Å²) in [6.45, 7) is 7.31. The summed E-state index contributed by atoms with van der Waals surface area (Å²) >= 11 is 0. The molecule has 0 aromatic heterocycles. The van der Waals surface area contributed by atoms with Gasteiger partial charge in [-0.1, -0.05) is 12.1 Å². The Bertz CT molecular complexity index is 434. The molecule has 0 saturated carbocycles. The summed E-state index contributed by atoms with van der Waals surface area (Å²) in [4.78, 5) is 0. The van der Waals surface area contributed by atoms with Crippen LogP contribution in [0, 0.1) is 0 Å². The van der Waals surface area contributed by atoms with E-state index >= 15 is 0 Å². The molecule has 1 fully saturated rings. The molecule has 0 amide bonds. The first-order valence-electron chi connectivity index (χ1n) is 7.68. The standard InChI is InChI=1S/C17H27NO3/c1-17(2)8-7-16(21-17)13-20-15-6-4-5-14(11-15)12-18-9-10-19-3/h4-6,11,16,18H,7-10,12-13H2,1-3H3. The minimum Gasteiger partial charge on any atom is -0.491 e. The van der Waals surface area contributed by atoms with E-state index in [0.29, 0.717) is 6.61 Å². The molecule has 1 N–H and O–H groups in total. The van der Waals surface area contributed by atoms with E-state index in [1.165, 1.54) is 5.56 Å². The van der Waals surface area contributed by atoms with Crippen LogP contribution in [0.3, 0.4) is 0 Å². The lowest BCUT2D eigenvalue weighted by atomic mass is 10.1. The lowest BCUT2D eigenvalue weighted by Gasteiger charge is -2.19. The summed E-state index contributed by atoms with van der Waals surface area (Å²) in [5.74, 6) is 0.911. The first-order valence-corrected chi connectivity index (χ1v) is 7.68. The molecule has 1 heterocycles. The van der Waals surface area contributed by atoms with Crippen LogP contribution < -0.4 is 10.1 Å². The average molecular weight is 293 g/mol. The fourth-order valence-corrected chi connectivity index (χ4v) is 2.54. The first-order chi connectivity index (χ1) is 10.1. The van der Waals surface area contributed by atoms with Crippen LogP contribution in [0.25, 0.3) is 0 Å². The summed E-state index contributed by atoms with van der Waals surface area (Å²) in [6.07, 6.45) is 2.39. The second kappa shape index (κ2) is 7.78. The summed E-state index contributed by atoms with van der Waals surface area (Å²) in [5, 5.41) is 3.33. The SMILES string of the molecule is COCCNCc1cccc(OCC2CCC(C)(C)O2)c1. The topological polar surface area (TPSA) is 39.7 Å². The maximum Gasteiger partial charge on any atom is 0.119 e. The van der Waals surface area contributed by atoms with Gasteiger partial charge in [0.1, 0.15) is 12.4 Å². The normalized spacial score (nSPS) is 20.6. The van der Waals surface area contributed by atoms with Gasteiger partial charge in [0.05, 0.1) is 18.3 Å². The highest BCUT2D eigenvalue weighted by Crippen LogP contribution is 2.29. The van der Waals surface area contributed by atoms with Crippen molar-refractivity contribution in [2.45, 2.75) is 44.9 Å². The van der Waals surface area contributed by atoms with Gasteiger partial charge in [0, 0.05) is 20.2 Å². The predicted molar refractivity (Wildman–Crippen MR) is 83.7 cm³/mol. The molecule has 0 spiro atoms. The molecule has 0 aliphatic carbocycles. The van der Waals surface area contributed by atoms with Crippen LogP contribution in [-0.2, 0) is 16.0 Å². The van der Waals surface area contributed by atoms with Crippen molar-refractivity contribution in [1.29, 1.82) is 0 Å². The van der Waals surface area contributed by atoms with Crippen molar-refractivity contribution in [3.05, 3.63) is 29.8 Å².